The second-order valence-electron chi connectivity index (χ2n) is 24.4. The van der Waals surface area contributed by atoms with Crippen molar-refractivity contribution in [2.45, 2.75) is 296 Å². The minimum Gasteiger partial charge on any atom is -0.545 e. The highest BCUT2D eigenvalue weighted by Gasteiger charge is 2.22. The molecule has 0 fully saturated rings. The summed E-state index contributed by atoms with van der Waals surface area (Å²) in [4.78, 5) is 37.5. The number of rotatable bonds is 64. The minimum absolute atomic E-state index is 0.140. The molecule has 0 aliphatic heterocycles. The lowest BCUT2D eigenvalue weighted by Gasteiger charge is -2.26. The number of hydrogen-bond donors (Lipinski definition) is 0. The lowest BCUT2D eigenvalue weighted by molar-refractivity contribution is -0.870. The number of nitrogens with zero attached hydrogens (tertiary/aromatic N) is 1. The standard InChI is InChI=1S/C78H131NO8/c1-6-8-10-12-14-16-18-20-22-24-26-28-30-31-32-33-34-35-36-37-38-39-40-41-42-43-44-45-47-49-51-53-55-57-59-61-63-65-67-69-76(81)87-74(73-86-78(77(82)83)84-71-70-79(3,4)5)72-85-75(80)68-66-64-62-60-58-56-54-52-50-48-46-29-27-25-23-21-19-17-15-13-11-9-7-2/h8,10,14,16,20,22,25-28,31-32,34-35,37-38,40-41,43-44,47,49,74,78H,6-7,9,11-13,15,17-19,21,23-24,29-30,33,36,39,42,45-46,48,50-73H2,1-5H3/b10-8-,16-14-,22-20-,27-25-,28-26-,32-31-,35-34-,38-37-,41-40-,44-43-,49-47-. The zero-order valence-electron chi connectivity index (χ0n) is 56.6. The van der Waals surface area contributed by atoms with Gasteiger partial charge < -0.3 is 33.3 Å². The van der Waals surface area contributed by atoms with Crippen LogP contribution in [0.15, 0.2) is 134 Å². The number of aliphatic carboxylic acids is 1. The van der Waals surface area contributed by atoms with Crippen molar-refractivity contribution in [1.82, 2.24) is 0 Å². The van der Waals surface area contributed by atoms with E-state index in [1.165, 1.54) is 141 Å². The van der Waals surface area contributed by atoms with Gasteiger partial charge in [0.1, 0.15) is 13.2 Å². The molecule has 0 bridgehead atoms. The Balaban J connectivity index is 4.18. The lowest BCUT2D eigenvalue weighted by Crippen LogP contribution is -2.44. The van der Waals surface area contributed by atoms with Crippen molar-refractivity contribution in [3.63, 3.8) is 0 Å². The molecule has 0 spiro atoms. The summed E-state index contributed by atoms with van der Waals surface area (Å²) in [5.41, 5.74) is 0. The molecule has 0 radical (unpaired) electrons. The Kier molecular flexibility index (Phi) is 63.8. The monoisotopic (exact) mass is 1210 g/mol. The van der Waals surface area contributed by atoms with E-state index in [9.17, 15) is 19.5 Å². The largest absolute Gasteiger partial charge is 0.545 e. The van der Waals surface area contributed by atoms with Crippen molar-refractivity contribution in [1.29, 1.82) is 0 Å². The summed E-state index contributed by atoms with van der Waals surface area (Å²) in [5.74, 6) is -2.30. The smallest absolute Gasteiger partial charge is 0.306 e. The van der Waals surface area contributed by atoms with Crippen molar-refractivity contribution in [3.05, 3.63) is 134 Å². The second-order valence-corrected chi connectivity index (χ2v) is 24.4. The zero-order chi connectivity index (χ0) is 63.3. The van der Waals surface area contributed by atoms with E-state index in [0.717, 1.165) is 109 Å². The van der Waals surface area contributed by atoms with Crippen molar-refractivity contribution in [2.75, 3.05) is 47.5 Å². The average molecular weight is 1210 g/mol. The van der Waals surface area contributed by atoms with Crippen LogP contribution in [0.1, 0.15) is 284 Å². The van der Waals surface area contributed by atoms with Crippen LogP contribution >= 0.6 is 0 Å². The SMILES string of the molecule is CC/C=C\C/C=C\C/C=C\C/C=C\C/C=C\C/C=C\C/C=C\C/C=C\C/C=C\C/C=C\CCCCCCCCCCC(=O)OC(COC(=O)CCCCCCCCCCCCC/C=C\CCCCCCCCCC)COC(OCC[N+](C)(C)C)C(=O)[O-]. The molecule has 0 rings (SSSR count). The maximum atomic E-state index is 12.9. The molecule has 0 saturated carbocycles. The fraction of sp³-hybridized carbons (Fsp3) is 0.679. The number of hydrogen-bond acceptors (Lipinski definition) is 8. The number of carboxylic acid groups (broad SMARTS) is 1. The first-order valence-electron chi connectivity index (χ1n) is 35.3. The van der Waals surface area contributed by atoms with Gasteiger partial charge in [-0.2, -0.15) is 0 Å². The Morgan fingerprint density at radius 2 is 0.655 bits per heavy atom. The Labute approximate surface area is 535 Å². The van der Waals surface area contributed by atoms with Gasteiger partial charge in [0, 0.05) is 12.8 Å². The number of ether oxygens (including phenoxy) is 4. The minimum atomic E-state index is -1.63. The topological polar surface area (TPSA) is 111 Å². The van der Waals surface area contributed by atoms with Crippen LogP contribution in [0.25, 0.3) is 0 Å². The molecule has 0 aromatic rings. The molecular weight excluding hydrogens is 1080 g/mol. The normalized spacial score (nSPS) is 13.5. The van der Waals surface area contributed by atoms with Crippen molar-refractivity contribution in [2.24, 2.45) is 0 Å². The molecule has 496 valence electrons. The fourth-order valence-corrected chi connectivity index (χ4v) is 9.50. The third-order valence-electron chi connectivity index (χ3n) is 14.9. The number of quaternary nitrogens is 1. The van der Waals surface area contributed by atoms with E-state index in [2.05, 4.69) is 148 Å². The van der Waals surface area contributed by atoms with Gasteiger partial charge in [0.2, 0.25) is 0 Å². The highest BCUT2D eigenvalue weighted by atomic mass is 16.7. The third kappa shape index (κ3) is 68.8. The predicted octanol–water partition coefficient (Wildman–Crippen LogP) is 20.8. The van der Waals surface area contributed by atoms with Gasteiger partial charge in [-0.3, -0.25) is 9.59 Å². The molecule has 0 aliphatic rings. The highest BCUT2D eigenvalue weighted by Crippen LogP contribution is 2.16. The molecule has 9 heteroatoms. The van der Waals surface area contributed by atoms with Crippen molar-refractivity contribution in [3.8, 4) is 0 Å². The molecule has 0 aromatic carbocycles. The van der Waals surface area contributed by atoms with Gasteiger partial charge in [0.25, 0.3) is 0 Å². The molecular formula is C78H131NO8. The maximum absolute atomic E-state index is 12.9. The van der Waals surface area contributed by atoms with Crippen LogP contribution in [0.3, 0.4) is 0 Å². The summed E-state index contributed by atoms with van der Waals surface area (Å²) < 4.78 is 22.8. The molecule has 87 heavy (non-hydrogen) atoms. The van der Waals surface area contributed by atoms with Crippen LogP contribution in [0.4, 0.5) is 0 Å². The first-order chi connectivity index (χ1) is 42.6. The number of carbonyl (C=O) groups is 3. The molecule has 2 unspecified atom stereocenters. The molecule has 0 heterocycles. The number of unbranched alkanes of at least 4 members (excludes halogenated alkanes) is 27. The van der Waals surface area contributed by atoms with Gasteiger partial charge >= 0.3 is 11.9 Å². The van der Waals surface area contributed by atoms with E-state index in [0.29, 0.717) is 17.4 Å². The van der Waals surface area contributed by atoms with Crippen LogP contribution in [0.5, 0.6) is 0 Å². The molecule has 9 nitrogen and oxygen atoms in total. The van der Waals surface area contributed by atoms with Crippen molar-refractivity contribution >= 4 is 17.9 Å². The van der Waals surface area contributed by atoms with E-state index in [4.69, 9.17) is 18.9 Å². The average Bonchev–Trinajstić information content (AvgIpc) is 3.55. The van der Waals surface area contributed by atoms with Gasteiger partial charge in [0.05, 0.1) is 40.3 Å². The number of likely N-dealkylation sites (N-methyl/N-ethyl adjacent to an activating group) is 1. The summed E-state index contributed by atoms with van der Waals surface area (Å²) in [6.45, 7) is 4.63. The molecule has 0 saturated heterocycles. The van der Waals surface area contributed by atoms with Crippen LogP contribution in [-0.4, -0.2) is 82.3 Å². The second kappa shape index (κ2) is 67.4. The van der Waals surface area contributed by atoms with Crippen LogP contribution in [-0.2, 0) is 33.3 Å². The van der Waals surface area contributed by atoms with E-state index in [1.807, 2.05) is 21.1 Å². The summed E-state index contributed by atoms with van der Waals surface area (Å²) >= 11 is 0. The summed E-state index contributed by atoms with van der Waals surface area (Å²) in [6, 6.07) is 0. The number of allylic oxidation sites excluding steroid dienone is 22. The Morgan fingerprint density at radius 3 is 0.989 bits per heavy atom. The molecule has 0 N–H and O–H groups in total. The maximum Gasteiger partial charge on any atom is 0.306 e. The molecule has 0 aromatic heterocycles. The van der Waals surface area contributed by atoms with E-state index >= 15 is 0 Å². The Morgan fingerprint density at radius 1 is 0.356 bits per heavy atom. The molecule has 2 atom stereocenters. The highest BCUT2D eigenvalue weighted by molar-refractivity contribution is 5.70. The Bertz CT molecular complexity index is 1890. The van der Waals surface area contributed by atoms with Gasteiger partial charge in [-0.15, -0.1) is 0 Å². The van der Waals surface area contributed by atoms with E-state index < -0.39 is 24.3 Å². The van der Waals surface area contributed by atoms with Crippen LogP contribution < -0.4 is 5.11 Å². The van der Waals surface area contributed by atoms with Gasteiger partial charge in [-0.05, 0) is 116 Å². The fourth-order valence-electron chi connectivity index (χ4n) is 9.50. The van der Waals surface area contributed by atoms with E-state index in [-0.39, 0.29) is 38.6 Å². The van der Waals surface area contributed by atoms with Crippen LogP contribution in [0, 0.1) is 0 Å². The van der Waals surface area contributed by atoms with Gasteiger partial charge in [-0.1, -0.05) is 289 Å². The zero-order valence-corrected chi connectivity index (χ0v) is 56.6. The van der Waals surface area contributed by atoms with Crippen molar-refractivity contribution < 1.29 is 42.9 Å². The lowest BCUT2D eigenvalue weighted by atomic mass is 10.0. The molecule has 0 amide bonds. The summed E-state index contributed by atoms with van der Waals surface area (Å²) in [5, 5.41) is 11.8. The van der Waals surface area contributed by atoms with Gasteiger partial charge in [-0.25, -0.2) is 0 Å². The quantitative estimate of drug-likeness (QED) is 0.0195. The number of esters is 2. The summed E-state index contributed by atoms with van der Waals surface area (Å²) in [7, 11) is 5.92. The number of carbonyl (C=O) groups excluding carboxylic acids is 3. The van der Waals surface area contributed by atoms with Crippen LogP contribution in [0.2, 0.25) is 0 Å². The first kappa shape index (κ1) is 82.4. The van der Waals surface area contributed by atoms with Gasteiger partial charge in [0.15, 0.2) is 12.4 Å². The summed E-state index contributed by atoms with van der Waals surface area (Å²) in [6.07, 6.45) is 93.8. The third-order valence-corrected chi connectivity index (χ3v) is 14.9. The number of carboxylic acids is 1. The predicted molar refractivity (Wildman–Crippen MR) is 370 cm³/mol. The Hall–Kier alpha value is -4.57. The van der Waals surface area contributed by atoms with E-state index in [1.54, 1.807) is 0 Å². The first-order valence-corrected chi connectivity index (χ1v) is 35.3. The molecule has 0 aliphatic carbocycles.